The number of ether oxygens (including phenoxy) is 1. The second-order valence-corrected chi connectivity index (χ2v) is 6.73. The highest BCUT2D eigenvalue weighted by molar-refractivity contribution is 9.10. The molecule has 0 aliphatic rings. The summed E-state index contributed by atoms with van der Waals surface area (Å²) in [6.45, 7) is 6.02. The maximum Gasteiger partial charge on any atom is 0.119 e. The van der Waals surface area contributed by atoms with Crippen molar-refractivity contribution >= 4 is 27.3 Å². The van der Waals surface area contributed by atoms with E-state index < -0.39 is 0 Å². The van der Waals surface area contributed by atoms with E-state index in [4.69, 9.17) is 4.74 Å². The lowest BCUT2D eigenvalue weighted by molar-refractivity contribution is 0.286. The van der Waals surface area contributed by atoms with E-state index in [2.05, 4.69) is 58.0 Å². The van der Waals surface area contributed by atoms with Gasteiger partial charge in [-0.1, -0.05) is 19.1 Å². The first-order chi connectivity index (χ1) is 10.2. The van der Waals surface area contributed by atoms with E-state index in [1.807, 2.05) is 12.1 Å². The van der Waals surface area contributed by atoms with Gasteiger partial charge in [-0.25, -0.2) is 0 Å². The number of nitrogens with one attached hydrogen (secondary N) is 1. The number of aryl methyl sites for hydroxylation is 1. The monoisotopic (exact) mass is 367 g/mol. The molecule has 21 heavy (non-hydrogen) atoms. The Morgan fingerprint density at radius 1 is 1.33 bits per heavy atom. The maximum atomic E-state index is 5.88. The second-order valence-electron chi connectivity index (χ2n) is 5.14. The van der Waals surface area contributed by atoms with Gasteiger partial charge in [0.1, 0.15) is 5.75 Å². The van der Waals surface area contributed by atoms with Gasteiger partial charge in [-0.2, -0.15) is 11.3 Å². The van der Waals surface area contributed by atoms with Crippen LogP contribution in [0.2, 0.25) is 0 Å². The Balaban J connectivity index is 1.91. The Bertz CT molecular complexity index is 555. The molecule has 0 spiro atoms. The van der Waals surface area contributed by atoms with Gasteiger partial charge in [-0.05, 0) is 64.5 Å². The van der Waals surface area contributed by atoms with Crippen LogP contribution in [0.25, 0.3) is 0 Å². The number of benzene rings is 1. The quantitative estimate of drug-likeness (QED) is 0.680. The Morgan fingerprint density at radius 2 is 2.19 bits per heavy atom. The molecule has 0 saturated carbocycles. The van der Waals surface area contributed by atoms with Gasteiger partial charge in [-0.15, -0.1) is 0 Å². The summed E-state index contributed by atoms with van der Waals surface area (Å²) in [6, 6.07) is 8.56. The van der Waals surface area contributed by atoms with Crippen LogP contribution in [0.15, 0.2) is 39.5 Å². The molecule has 0 bridgehead atoms. The van der Waals surface area contributed by atoms with Crippen molar-refractivity contribution in [1.29, 1.82) is 0 Å². The lowest BCUT2D eigenvalue weighted by Gasteiger charge is -2.18. The minimum atomic E-state index is 0.343. The van der Waals surface area contributed by atoms with Crippen LogP contribution in [0.1, 0.15) is 36.9 Å². The third-order valence-corrected chi connectivity index (χ3v) is 5.07. The minimum absolute atomic E-state index is 0.343. The first-order valence-corrected chi connectivity index (χ1v) is 9.08. The van der Waals surface area contributed by atoms with E-state index in [1.54, 1.807) is 11.3 Å². The van der Waals surface area contributed by atoms with Crippen molar-refractivity contribution in [2.45, 2.75) is 32.7 Å². The molecule has 2 nitrogen and oxygen atoms in total. The fourth-order valence-corrected chi connectivity index (χ4v) is 3.85. The molecule has 1 N–H and O–H groups in total. The highest BCUT2D eigenvalue weighted by Gasteiger charge is 2.14. The van der Waals surface area contributed by atoms with Crippen molar-refractivity contribution in [3.05, 3.63) is 50.6 Å². The van der Waals surface area contributed by atoms with Gasteiger partial charge in [0.2, 0.25) is 0 Å². The molecule has 2 rings (SSSR count). The average molecular weight is 368 g/mol. The Labute approximate surface area is 139 Å². The van der Waals surface area contributed by atoms with Gasteiger partial charge in [-0.3, -0.25) is 0 Å². The largest absolute Gasteiger partial charge is 0.494 e. The molecular weight excluding hydrogens is 346 g/mol. The van der Waals surface area contributed by atoms with Crippen molar-refractivity contribution in [3.8, 4) is 5.75 Å². The summed E-state index contributed by atoms with van der Waals surface area (Å²) in [7, 11) is 0. The lowest BCUT2D eigenvalue weighted by Crippen LogP contribution is -2.23. The molecule has 1 heterocycles. The highest BCUT2D eigenvalue weighted by atomic mass is 79.9. The molecule has 0 saturated heterocycles. The Morgan fingerprint density at radius 3 is 2.86 bits per heavy atom. The zero-order chi connectivity index (χ0) is 15.1. The third-order valence-electron chi connectivity index (χ3n) is 3.32. The molecule has 1 aromatic carbocycles. The molecule has 0 aliphatic carbocycles. The average Bonchev–Trinajstić information content (AvgIpc) is 2.89. The van der Waals surface area contributed by atoms with Crippen molar-refractivity contribution in [2.75, 3.05) is 13.2 Å². The van der Waals surface area contributed by atoms with E-state index in [1.165, 1.54) is 15.6 Å². The van der Waals surface area contributed by atoms with Crippen LogP contribution in [0.4, 0.5) is 0 Å². The fraction of sp³-hybridized carbons (Fsp3) is 0.412. The summed E-state index contributed by atoms with van der Waals surface area (Å²) in [5.41, 5.74) is 2.56. The van der Waals surface area contributed by atoms with Crippen LogP contribution in [0, 0.1) is 6.92 Å². The normalized spacial score (nSPS) is 12.3. The van der Waals surface area contributed by atoms with Crippen molar-refractivity contribution < 1.29 is 4.74 Å². The molecule has 1 atom stereocenters. The van der Waals surface area contributed by atoms with E-state index in [0.29, 0.717) is 12.6 Å². The molecule has 2 aromatic rings. The van der Waals surface area contributed by atoms with E-state index in [-0.39, 0.29) is 0 Å². The van der Waals surface area contributed by atoms with Crippen molar-refractivity contribution in [2.24, 2.45) is 0 Å². The number of thiophene rings is 1. The molecule has 114 valence electrons. The van der Waals surface area contributed by atoms with Crippen LogP contribution in [0.5, 0.6) is 5.75 Å². The molecule has 0 radical (unpaired) electrons. The molecule has 0 aliphatic heterocycles. The topological polar surface area (TPSA) is 21.3 Å². The summed E-state index contributed by atoms with van der Waals surface area (Å²) in [6.07, 6.45) is 2.10. The van der Waals surface area contributed by atoms with E-state index in [0.717, 1.165) is 25.1 Å². The van der Waals surface area contributed by atoms with Gasteiger partial charge >= 0.3 is 0 Å². The first-order valence-electron chi connectivity index (χ1n) is 7.35. The van der Waals surface area contributed by atoms with Crippen LogP contribution in [-0.4, -0.2) is 13.2 Å². The van der Waals surface area contributed by atoms with Crippen LogP contribution in [-0.2, 0) is 0 Å². The van der Waals surface area contributed by atoms with E-state index in [9.17, 15) is 0 Å². The molecule has 0 amide bonds. The van der Waals surface area contributed by atoms with Crippen LogP contribution in [0.3, 0.4) is 0 Å². The molecule has 4 heteroatoms. The van der Waals surface area contributed by atoms with Crippen LogP contribution < -0.4 is 10.1 Å². The summed E-state index contributed by atoms with van der Waals surface area (Å²) >= 11 is 5.37. The van der Waals surface area contributed by atoms with Gasteiger partial charge in [0.15, 0.2) is 0 Å². The number of hydrogen-bond donors (Lipinski definition) is 1. The third kappa shape index (κ3) is 5.13. The standard InChI is InChI=1S/C17H22BrNOS/c1-3-8-19-17(15-11-21-12-16(15)18)7-9-20-14-6-4-5-13(2)10-14/h4-6,10-12,17,19H,3,7-9H2,1-2H3. The predicted octanol–water partition coefficient (Wildman–Crippen LogP) is 5.33. The first kappa shape index (κ1) is 16.5. The van der Waals surface area contributed by atoms with Gasteiger partial charge < -0.3 is 10.1 Å². The van der Waals surface area contributed by atoms with Crippen LogP contribution >= 0.6 is 27.3 Å². The number of hydrogen-bond acceptors (Lipinski definition) is 3. The number of rotatable bonds is 8. The SMILES string of the molecule is CCCNC(CCOc1cccc(C)c1)c1cscc1Br. The molecule has 1 unspecified atom stereocenters. The summed E-state index contributed by atoms with van der Waals surface area (Å²) in [5, 5.41) is 7.96. The molecule has 0 fully saturated rings. The summed E-state index contributed by atoms with van der Waals surface area (Å²) in [5.74, 6) is 0.952. The highest BCUT2D eigenvalue weighted by Crippen LogP contribution is 2.29. The van der Waals surface area contributed by atoms with Gasteiger partial charge in [0, 0.05) is 22.3 Å². The molecule has 1 aromatic heterocycles. The van der Waals surface area contributed by atoms with Crippen molar-refractivity contribution in [3.63, 3.8) is 0 Å². The predicted molar refractivity (Wildman–Crippen MR) is 94.3 cm³/mol. The summed E-state index contributed by atoms with van der Waals surface area (Å²) in [4.78, 5) is 0. The molecular formula is C17H22BrNOS. The lowest BCUT2D eigenvalue weighted by atomic mass is 10.1. The minimum Gasteiger partial charge on any atom is -0.494 e. The zero-order valence-electron chi connectivity index (χ0n) is 12.6. The number of halogens is 1. The van der Waals surface area contributed by atoms with Gasteiger partial charge in [0.25, 0.3) is 0 Å². The Kier molecular flexibility index (Phi) is 6.74. The van der Waals surface area contributed by atoms with Crippen molar-refractivity contribution in [1.82, 2.24) is 5.32 Å². The second kappa shape index (κ2) is 8.57. The zero-order valence-corrected chi connectivity index (χ0v) is 15.0. The van der Waals surface area contributed by atoms with E-state index >= 15 is 0 Å². The Hall–Kier alpha value is -0.840. The van der Waals surface area contributed by atoms with Gasteiger partial charge in [0.05, 0.1) is 6.61 Å². The maximum absolute atomic E-state index is 5.88. The summed E-state index contributed by atoms with van der Waals surface area (Å²) < 4.78 is 7.07. The smallest absolute Gasteiger partial charge is 0.119 e. The fourth-order valence-electron chi connectivity index (χ4n) is 2.23.